The zero-order valence-electron chi connectivity index (χ0n) is 16.3. The standard InChI is InChI=1S/C22H19N5O3/c1-15-6-8-17(9-7-15)25-19(28)14-26-18-5-3-11-24-20(18)21(29)27(22(26)30)13-16-4-2-10-23-12-16/h2-12H,13-14H2,1H3,(H,25,28). The summed E-state index contributed by atoms with van der Waals surface area (Å²) in [5.41, 5.74) is 1.76. The number of fused-ring (bicyclic) bond motifs is 1. The van der Waals surface area contributed by atoms with E-state index in [0.29, 0.717) is 16.8 Å². The van der Waals surface area contributed by atoms with Crippen molar-refractivity contribution in [1.29, 1.82) is 0 Å². The Kier molecular flexibility index (Phi) is 5.21. The molecule has 4 aromatic rings. The maximum absolute atomic E-state index is 13.1. The molecule has 3 heterocycles. The summed E-state index contributed by atoms with van der Waals surface area (Å²) in [6, 6.07) is 14.1. The lowest BCUT2D eigenvalue weighted by Crippen LogP contribution is -2.42. The Labute approximate surface area is 171 Å². The Morgan fingerprint density at radius 1 is 1.00 bits per heavy atom. The summed E-state index contributed by atoms with van der Waals surface area (Å²) in [5.74, 6) is -0.377. The fraction of sp³-hybridized carbons (Fsp3) is 0.136. The summed E-state index contributed by atoms with van der Waals surface area (Å²) >= 11 is 0. The summed E-state index contributed by atoms with van der Waals surface area (Å²) in [6.45, 7) is 1.75. The molecule has 150 valence electrons. The molecule has 1 aromatic carbocycles. The number of pyridine rings is 2. The van der Waals surface area contributed by atoms with Crippen LogP contribution < -0.4 is 16.6 Å². The minimum Gasteiger partial charge on any atom is -0.325 e. The molecule has 0 atom stereocenters. The minimum absolute atomic E-state index is 0.0393. The van der Waals surface area contributed by atoms with Crippen LogP contribution in [0.2, 0.25) is 0 Å². The molecule has 0 unspecified atom stereocenters. The first-order valence-electron chi connectivity index (χ1n) is 9.37. The van der Waals surface area contributed by atoms with Crippen molar-refractivity contribution < 1.29 is 4.79 Å². The molecule has 0 radical (unpaired) electrons. The molecule has 3 aromatic heterocycles. The normalized spacial score (nSPS) is 10.8. The van der Waals surface area contributed by atoms with E-state index in [2.05, 4.69) is 15.3 Å². The van der Waals surface area contributed by atoms with Crippen molar-refractivity contribution in [3.8, 4) is 0 Å². The second kappa shape index (κ2) is 8.12. The molecule has 1 amide bonds. The molecule has 0 saturated heterocycles. The van der Waals surface area contributed by atoms with Gasteiger partial charge in [0.15, 0.2) is 5.52 Å². The number of anilines is 1. The third kappa shape index (κ3) is 3.88. The first kappa shape index (κ1) is 19.3. The fourth-order valence-corrected chi connectivity index (χ4v) is 3.19. The third-order valence-electron chi connectivity index (χ3n) is 4.69. The van der Waals surface area contributed by atoms with Gasteiger partial charge in [0.05, 0.1) is 12.1 Å². The van der Waals surface area contributed by atoms with E-state index >= 15 is 0 Å². The van der Waals surface area contributed by atoms with Gasteiger partial charge in [0.25, 0.3) is 5.56 Å². The van der Waals surface area contributed by atoms with E-state index in [1.807, 2.05) is 19.1 Å². The quantitative estimate of drug-likeness (QED) is 0.551. The van der Waals surface area contributed by atoms with Crippen LogP contribution in [0.15, 0.2) is 76.7 Å². The predicted octanol–water partition coefficient (Wildman–Crippen LogP) is 1.95. The van der Waals surface area contributed by atoms with Crippen LogP contribution in [0.3, 0.4) is 0 Å². The maximum atomic E-state index is 13.1. The van der Waals surface area contributed by atoms with E-state index in [1.54, 1.807) is 48.8 Å². The fourth-order valence-electron chi connectivity index (χ4n) is 3.19. The van der Waals surface area contributed by atoms with Gasteiger partial charge < -0.3 is 5.32 Å². The highest BCUT2D eigenvalue weighted by molar-refractivity contribution is 5.91. The Hall–Kier alpha value is -4.07. The molecular formula is C22H19N5O3. The lowest BCUT2D eigenvalue weighted by Gasteiger charge is -2.14. The van der Waals surface area contributed by atoms with Crippen LogP contribution in [0.5, 0.6) is 0 Å². The number of hydrogen-bond acceptors (Lipinski definition) is 5. The van der Waals surface area contributed by atoms with Gasteiger partial charge >= 0.3 is 5.69 Å². The van der Waals surface area contributed by atoms with Crippen molar-refractivity contribution in [2.75, 3.05) is 5.32 Å². The van der Waals surface area contributed by atoms with E-state index in [-0.39, 0.29) is 24.5 Å². The van der Waals surface area contributed by atoms with Gasteiger partial charge in [-0.15, -0.1) is 0 Å². The second-order valence-corrected chi connectivity index (χ2v) is 6.91. The first-order valence-corrected chi connectivity index (χ1v) is 9.37. The Morgan fingerprint density at radius 3 is 2.50 bits per heavy atom. The molecule has 0 spiro atoms. The monoisotopic (exact) mass is 401 g/mol. The van der Waals surface area contributed by atoms with Crippen LogP contribution in [-0.4, -0.2) is 25.0 Å². The van der Waals surface area contributed by atoms with Crippen LogP contribution in [0.25, 0.3) is 11.0 Å². The van der Waals surface area contributed by atoms with Gasteiger partial charge in [-0.2, -0.15) is 0 Å². The Bertz CT molecular complexity index is 1330. The van der Waals surface area contributed by atoms with Crippen molar-refractivity contribution in [3.63, 3.8) is 0 Å². The van der Waals surface area contributed by atoms with Gasteiger partial charge in [-0.1, -0.05) is 23.8 Å². The van der Waals surface area contributed by atoms with Gasteiger partial charge in [0.1, 0.15) is 6.54 Å². The van der Waals surface area contributed by atoms with Gasteiger partial charge in [-0.05, 0) is 42.8 Å². The summed E-state index contributed by atoms with van der Waals surface area (Å²) in [7, 11) is 0. The number of aryl methyl sites for hydroxylation is 1. The summed E-state index contributed by atoms with van der Waals surface area (Å²) < 4.78 is 2.34. The molecule has 30 heavy (non-hydrogen) atoms. The molecule has 0 aliphatic carbocycles. The number of carbonyl (C=O) groups is 1. The number of carbonyl (C=O) groups excluding carboxylic acids is 1. The minimum atomic E-state index is -0.580. The molecule has 0 saturated carbocycles. The van der Waals surface area contributed by atoms with Crippen molar-refractivity contribution in [2.24, 2.45) is 0 Å². The Morgan fingerprint density at radius 2 is 1.77 bits per heavy atom. The SMILES string of the molecule is Cc1ccc(NC(=O)Cn2c(=O)n(Cc3cccnc3)c(=O)c3ncccc32)cc1. The van der Waals surface area contributed by atoms with Crippen molar-refractivity contribution in [3.05, 3.63) is 99.1 Å². The lowest BCUT2D eigenvalue weighted by molar-refractivity contribution is -0.116. The van der Waals surface area contributed by atoms with Crippen LogP contribution >= 0.6 is 0 Å². The molecule has 1 N–H and O–H groups in total. The average molecular weight is 401 g/mol. The van der Waals surface area contributed by atoms with Crippen LogP contribution in [0, 0.1) is 6.92 Å². The molecular weight excluding hydrogens is 382 g/mol. The summed E-state index contributed by atoms with van der Waals surface area (Å²) in [5, 5.41) is 2.78. The highest BCUT2D eigenvalue weighted by Gasteiger charge is 2.16. The van der Waals surface area contributed by atoms with E-state index in [4.69, 9.17) is 0 Å². The number of hydrogen-bond donors (Lipinski definition) is 1. The van der Waals surface area contributed by atoms with Crippen molar-refractivity contribution >= 4 is 22.6 Å². The lowest BCUT2D eigenvalue weighted by atomic mass is 10.2. The van der Waals surface area contributed by atoms with Gasteiger partial charge in [-0.25, -0.2) is 9.78 Å². The zero-order chi connectivity index (χ0) is 21.1. The second-order valence-electron chi connectivity index (χ2n) is 6.91. The van der Waals surface area contributed by atoms with Gasteiger partial charge in [0, 0.05) is 24.3 Å². The predicted molar refractivity (Wildman–Crippen MR) is 113 cm³/mol. The largest absolute Gasteiger partial charge is 0.332 e. The average Bonchev–Trinajstić information content (AvgIpc) is 2.76. The number of aromatic nitrogens is 4. The van der Waals surface area contributed by atoms with Gasteiger partial charge in [-0.3, -0.25) is 23.7 Å². The topological polar surface area (TPSA) is 98.9 Å². The molecule has 0 fully saturated rings. The van der Waals surface area contributed by atoms with Crippen molar-refractivity contribution in [2.45, 2.75) is 20.0 Å². The number of amides is 1. The van der Waals surface area contributed by atoms with E-state index in [9.17, 15) is 14.4 Å². The van der Waals surface area contributed by atoms with Crippen LogP contribution in [0.1, 0.15) is 11.1 Å². The van der Waals surface area contributed by atoms with E-state index < -0.39 is 11.2 Å². The third-order valence-corrected chi connectivity index (χ3v) is 4.69. The van der Waals surface area contributed by atoms with Gasteiger partial charge in [0.2, 0.25) is 5.91 Å². The number of nitrogens with zero attached hydrogens (tertiary/aromatic N) is 4. The molecule has 8 heteroatoms. The van der Waals surface area contributed by atoms with E-state index in [0.717, 1.165) is 10.1 Å². The molecule has 0 aliphatic rings. The van der Waals surface area contributed by atoms with E-state index in [1.165, 1.54) is 10.8 Å². The highest BCUT2D eigenvalue weighted by Crippen LogP contribution is 2.10. The summed E-state index contributed by atoms with van der Waals surface area (Å²) in [6.07, 6.45) is 4.68. The number of benzene rings is 1. The molecule has 0 aliphatic heterocycles. The highest BCUT2D eigenvalue weighted by atomic mass is 16.2. The smallest absolute Gasteiger partial charge is 0.325 e. The Balaban J connectivity index is 1.74. The first-order chi connectivity index (χ1) is 14.5. The zero-order valence-corrected chi connectivity index (χ0v) is 16.3. The summed E-state index contributed by atoms with van der Waals surface area (Å²) in [4.78, 5) is 46.8. The van der Waals surface area contributed by atoms with Crippen LogP contribution in [-0.2, 0) is 17.9 Å². The number of rotatable bonds is 5. The molecule has 8 nitrogen and oxygen atoms in total. The van der Waals surface area contributed by atoms with Crippen molar-refractivity contribution in [1.82, 2.24) is 19.1 Å². The maximum Gasteiger partial charge on any atom is 0.332 e. The van der Waals surface area contributed by atoms with Crippen LogP contribution in [0.4, 0.5) is 5.69 Å². The molecule has 0 bridgehead atoms. The number of nitrogens with one attached hydrogen (secondary N) is 1. The molecule has 4 rings (SSSR count).